The van der Waals surface area contributed by atoms with E-state index in [1.807, 2.05) is 0 Å². The summed E-state index contributed by atoms with van der Waals surface area (Å²) in [7, 11) is 0. The summed E-state index contributed by atoms with van der Waals surface area (Å²) in [6, 6.07) is 0.0434. The van der Waals surface area contributed by atoms with E-state index in [4.69, 9.17) is 5.73 Å². The molecule has 0 spiro atoms. The molecule has 0 aromatic rings. The van der Waals surface area contributed by atoms with Gasteiger partial charge in [-0.15, -0.1) is 0 Å². The highest BCUT2D eigenvalue weighted by atomic mass is 16.1. The Kier molecular flexibility index (Phi) is 5.18. The predicted molar refractivity (Wildman–Crippen MR) is 72.8 cm³/mol. The lowest BCUT2D eigenvalue weighted by atomic mass is 9.78. The Hall–Kier alpha value is -0.370. The highest BCUT2D eigenvalue weighted by Gasteiger charge is 2.26. The van der Waals surface area contributed by atoms with Crippen LogP contribution >= 0.6 is 0 Å². The summed E-state index contributed by atoms with van der Waals surface area (Å²) in [6.45, 7) is 8.82. The molecule has 1 aliphatic rings. The van der Waals surface area contributed by atoms with Crippen LogP contribution in [0.2, 0.25) is 0 Å². The highest BCUT2D eigenvalue weighted by Crippen LogP contribution is 2.30. The Morgan fingerprint density at radius 2 is 1.76 bits per heavy atom. The minimum absolute atomic E-state index is 0.0434. The molecule has 0 radical (unpaired) electrons. The van der Waals surface area contributed by atoms with E-state index < -0.39 is 0 Å². The van der Waals surface area contributed by atoms with Crippen LogP contribution in [0.15, 0.2) is 0 Å². The van der Waals surface area contributed by atoms with E-state index >= 15 is 0 Å². The quantitative estimate of drug-likeness (QED) is 0.815. The zero-order valence-corrected chi connectivity index (χ0v) is 12.0. The van der Waals surface area contributed by atoms with Crippen molar-refractivity contribution in [1.82, 2.24) is 0 Å². The van der Waals surface area contributed by atoms with E-state index in [0.29, 0.717) is 18.1 Å². The van der Waals surface area contributed by atoms with Crippen LogP contribution in [0, 0.1) is 17.3 Å². The maximum Gasteiger partial charge on any atom is 0.137 e. The summed E-state index contributed by atoms with van der Waals surface area (Å²) in [4.78, 5) is 12.1. The Bertz CT molecular complexity index is 246. The van der Waals surface area contributed by atoms with Crippen molar-refractivity contribution < 1.29 is 4.79 Å². The topological polar surface area (TPSA) is 43.1 Å². The second kappa shape index (κ2) is 5.99. The standard InChI is InChI=1S/C15H29NO/c1-11-5-7-12(8-6-11)14(17)9-13(16)10-15(2,3)4/h11-13H,5-10,16H2,1-4H3. The number of ketones is 1. The second-order valence-electron chi connectivity index (χ2n) is 7.15. The van der Waals surface area contributed by atoms with Gasteiger partial charge in [-0.05, 0) is 30.6 Å². The minimum Gasteiger partial charge on any atom is -0.327 e. The van der Waals surface area contributed by atoms with Crippen molar-refractivity contribution >= 4 is 5.78 Å². The number of hydrogen-bond donors (Lipinski definition) is 1. The van der Waals surface area contributed by atoms with Crippen LogP contribution in [0.4, 0.5) is 0 Å². The van der Waals surface area contributed by atoms with Crippen LogP contribution in [-0.4, -0.2) is 11.8 Å². The van der Waals surface area contributed by atoms with Gasteiger partial charge in [-0.1, -0.05) is 40.5 Å². The van der Waals surface area contributed by atoms with E-state index in [9.17, 15) is 4.79 Å². The van der Waals surface area contributed by atoms with Crippen molar-refractivity contribution in [1.29, 1.82) is 0 Å². The van der Waals surface area contributed by atoms with Crippen LogP contribution in [-0.2, 0) is 4.79 Å². The lowest BCUT2D eigenvalue weighted by Crippen LogP contribution is -2.32. The first-order valence-electron chi connectivity index (χ1n) is 7.06. The Balaban J connectivity index is 2.33. The molecule has 2 nitrogen and oxygen atoms in total. The van der Waals surface area contributed by atoms with Crippen LogP contribution < -0.4 is 5.73 Å². The number of nitrogens with two attached hydrogens (primary N) is 1. The highest BCUT2D eigenvalue weighted by molar-refractivity contribution is 5.81. The fourth-order valence-electron chi connectivity index (χ4n) is 2.87. The van der Waals surface area contributed by atoms with Crippen LogP contribution in [0.1, 0.15) is 66.2 Å². The molecule has 2 heteroatoms. The van der Waals surface area contributed by atoms with E-state index in [0.717, 1.165) is 25.2 Å². The Morgan fingerprint density at radius 3 is 2.24 bits per heavy atom. The lowest BCUT2D eigenvalue weighted by Gasteiger charge is -2.27. The molecule has 1 aliphatic carbocycles. The third-order valence-corrected chi connectivity index (χ3v) is 3.81. The van der Waals surface area contributed by atoms with E-state index in [-0.39, 0.29) is 11.5 Å². The molecule has 0 aliphatic heterocycles. The summed E-state index contributed by atoms with van der Waals surface area (Å²) >= 11 is 0. The van der Waals surface area contributed by atoms with Gasteiger partial charge in [-0.2, -0.15) is 0 Å². The molecule has 1 fully saturated rings. The lowest BCUT2D eigenvalue weighted by molar-refractivity contribution is -0.124. The molecule has 0 bridgehead atoms. The molecule has 17 heavy (non-hydrogen) atoms. The van der Waals surface area contributed by atoms with E-state index in [2.05, 4.69) is 27.7 Å². The van der Waals surface area contributed by atoms with Gasteiger partial charge in [0.25, 0.3) is 0 Å². The summed E-state index contributed by atoms with van der Waals surface area (Å²) < 4.78 is 0. The summed E-state index contributed by atoms with van der Waals surface area (Å²) in [6.07, 6.45) is 6.11. The van der Waals surface area contributed by atoms with Crippen LogP contribution in [0.5, 0.6) is 0 Å². The first kappa shape index (κ1) is 14.7. The molecule has 0 aromatic heterocycles. The zero-order chi connectivity index (χ0) is 13.1. The minimum atomic E-state index is 0.0434. The summed E-state index contributed by atoms with van der Waals surface area (Å²) in [5.41, 5.74) is 6.30. The van der Waals surface area contributed by atoms with Crippen LogP contribution in [0.3, 0.4) is 0 Å². The van der Waals surface area contributed by atoms with Crippen molar-refractivity contribution in [2.75, 3.05) is 0 Å². The molecule has 0 heterocycles. The smallest absolute Gasteiger partial charge is 0.137 e. The van der Waals surface area contributed by atoms with Gasteiger partial charge in [-0.3, -0.25) is 4.79 Å². The van der Waals surface area contributed by atoms with Gasteiger partial charge in [0, 0.05) is 18.4 Å². The molecule has 0 saturated heterocycles. The van der Waals surface area contributed by atoms with Crippen molar-refractivity contribution in [3.05, 3.63) is 0 Å². The predicted octanol–water partition coefficient (Wildman–Crippen LogP) is 3.54. The van der Waals surface area contributed by atoms with Crippen molar-refractivity contribution in [3.8, 4) is 0 Å². The van der Waals surface area contributed by atoms with Gasteiger partial charge < -0.3 is 5.73 Å². The number of carbonyl (C=O) groups is 1. The van der Waals surface area contributed by atoms with Gasteiger partial charge >= 0.3 is 0 Å². The Labute approximate surface area is 106 Å². The maximum absolute atomic E-state index is 12.1. The summed E-state index contributed by atoms with van der Waals surface area (Å²) in [5, 5.41) is 0. The van der Waals surface area contributed by atoms with E-state index in [1.54, 1.807) is 0 Å². The fraction of sp³-hybridized carbons (Fsp3) is 0.933. The number of Topliss-reactive ketones (excluding diaryl/α,β-unsaturated/α-hetero) is 1. The largest absolute Gasteiger partial charge is 0.327 e. The normalized spacial score (nSPS) is 27.8. The van der Waals surface area contributed by atoms with Crippen LogP contribution in [0.25, 0.3) is 0 Å². The third kappa shape index (κ3) is 5.67. The molecular weight excluding hydrogens is 210 g/mol. The SMILES string of the molecule is CC1CCC(C(=O)CC(N)CC(C)(C)C)CC1. The van der Waals surface area contributed by atoms with Gasteiger partial charge in [0.2, 0.25) is 0 Å². The average molecular weight is 239 g/mol. The molecule has 0 amide bonds. The monoisotopic (exact) mass is 239 g/mol. The van der Waals surface area contributed by atoms with Crippen molar-refractivity contribution in [3.63, 3.8) is 0 Å². The van der Waals surface area contributed by atoms with Gasteiger partial charge in [0.05, 0.1) is 0 Å². The van der Waals surface area contributed by atoms with Crippen molar-refractivity contribution in [2.24, 2.45) is 23.0 Å². The third-order valence-electron chi connectivity index (χ3n) is 3.81. The number of carbonyl (C=O) groups excluding carboxylic acids is 1. The maximum atomic E-state index is 12.1. The average Bonchev–Trinajstić information content (AvgIpc) is 2.15. The second-order valence-corrected chi connectivity index (χ2v) is 7.15. The van der Waals surface area contributed by atoms with E-state index in [1.165, 1.54) is 12.8 Å². The van der Waals surface area contributed by atoms with Gasteiger partial charge in [0.15, 0.2) is 0 Å². The fourth-order valence-corrected chi connectivity index (χ4v) is 2.87. The van der Waals surface area contributed by atoms with Crippen molar-refractivity contribution in [2.45, 2.75) is 72.3 Å². The Morgan fingerprint density at radius 1 is 1.24 bits per heavy atom. The molecule has 1 saturated carbocycles. The number of rotatable bonds is 4. The summed E-state index contributed by atoms with van der Waals surface area (Å²) in [5.74, 6) is 1.52. The molecular formula is C15H29NO. The molecule has 100 valence electrons. The molecule has 2 N–H and O–H groups in total. The molecule has 1 atom stereocenters. The molecule has 1 rings (SSSR count). The first-order chi connectivity index (χ1) is 7.78. The van der Waals surface area contributed by atoms with Gasteiger partial charge in [-0.25, -0.2) is 0 Å². The van der Waals surface area contributed by atoms with Gasteiger partial charge in [0.1, 0.15) is 5.78 Å². The first-order valence-corrected chi connectivity index (χ1v) is 7.06. The molecule has 0 aromatic carbocycles. The zero-order valence-electron chi connectivity index (χ0n) is 12.0. The number of hydrogen-bond acceptors (Lipinski definition) is 2. The molecule has 1 unspecified atom stereocenters.